The highest BCUT2D eigenvalue weighted by molar-refractivity contribution is 8.13. The largest absolute Gasteiger partial charge is 0.379 e. The molecular formula is C8H11N3S. The van der Waals surface area contributed by atoms with E-state index in [9.17, 15) is 0 Å². The van der Waals surface area contributed by atoms with Crippen molar-refractivity contribution < 1.29 is 0 Å². The van der Waals surface area contributed by atoms with Gasteiger partial charge in [0, 0.05) is 18.1 Å². The molecule has 12 heavy (non-hydrogen) atoms. The highest BCUT2D eigenvalue weighted by atomic mass is 32.2. The second-order valence-corrected chi connectivity index (χ2v) is 3.54. The van der Waals surface area contributed by atoms with Gasteiger partial charge < -0.3 is 5.73 Å². The summed E-state index contributed by atoms with van der Waals surface area (Å²) in [6, 6.07) is 2.04. The van der Waals surface area contributed by atoms with Crippen LogP contribution in [0.4, 0.5) is 0 Å². The molecule has 0 saturated heterocycles. The third-order valence-electron chi connectivity index (χ3n) is 1.33. The molecule has 0 aliphatic heterocycles. The molecule has 0 amide bonds. The van der Waals surface area contributed by atoms with Gasteiger partial charge in [-0.25, -0.2) is 0 Å². The lowest BCUT2D eigenvalue weighted by Gasteiger charge is -1.99. The number of hydrogen-bond acceptors (Lipinski definition) is 3. The molecule has 1 aromatic heterocycles. The highest BCUT2D eigenvalue weighted by Gasteiger charge is 1.95. The van der Waals surface area contributed by atoms with E-state index in [-0.39, 0.29) is 5.17 Å². The first kappa shape index (κ1) is 9.06. The van der Waals surface area contributed by atoms with Gasteiger partial charge >= 0.3 is 0 Å². The van der Waals surface area contributed by atoms with Crippen molar-refractivity contribution in [3.63, 3.8) is 0 Å². The molecular weight excluding hydrogens is 170 g/mol. The summed E-state index contributed by atoms with van der Waals surface area (Å²) in [5, 5.41) is 7.17. The normalized spacial score (nSPS) is 9.75. The maximum atomic E-state index is 7.02. The standard InChI is InChI=1S/C8H11N3S/c1-6-2-7(4-11-3-6)5-12-8(9)10/h2-4H,5H2,1H3,(H3,9,10). The molecule has 0 spiro atoms. The molecule has 64 valence electrons. The molecule has 0 saturated carbocycles. The van der Waals surface area contributed by atoms with E-state index in [0.29, 0.717) is 0 Å². The fourth-order valence-corrected chi connectivity index (χ4v) is 1.34. The third-order valence-corrected chi connectivity index (χ3v) is 2.11. The zero-order chi connectivity index (χ0) is 8.97. The van der Waals surface area contributed by atoms with Crippen LogP contribution in [0.3, 0.4) is 0 Å². The summed E-state index contributed by atoms with van der Waals surface area (Å²) in [6.07, 6.45) is 3.60. The molecule has 3 nitrogen and oxygen atoms in total. The Kier molecular flexibility index (Phi) is 3.10. The predicted octanol–water partition coefficient (Wildman–Crippen LogP) is 1.52. The molecule has 0 atom stereocenters. The SMILES string of the molecule is Cc1cncc(CSC(=N)N)c1. The summed E-state index contributed by atoms with van der Waals surface area (Å²) in [7, 11) is 0. The van der Waals surface area contributed by atoms with Crippen LogP contribution in [0.25, 0.3) is 0 Å². The number of aryl methyl sites for hydroxylation is 1. The van der Waals surface area contributed by atoms with Gasteiger partial charge in [0.15, 0.2) is 5.17 Å². The van der Waals surface area contributed by atoms with Crippen LogP contribution in [0.1, 0.15) is 11.1 Å². The second-order valence-electron chi connectivity index (χ2n) is 2.52. The molecule has 0 fully saturated rings. The van der Waals surface area contributed by atoms with Crippen LogP contribution in [0.5, 0.6) is 0 Å². The molecule has 3 N–H and O–H groups in total. The number of nitrogens with two attached hydrogens (primary N) is 1. The Morgan fingerprint density at radius 1 is 1.67 bits per heavy atom. The van der Waals surface area contributed by atoms with Crippen LogP contribution in [-0.2, 0) is 5.75 Å². The van der Waals surface area contributed by atoms with Crippen LogP contribution < -0.4 is 5.73 Å². The Morgan fingerprint density at radius 2 is 2.42 bits per heavy atom. The Hall–Kier alpha value is -1.03. The van der Waals surface area contributed by atoms with Crippen molar-refractivity contribution in [2.75, 3.05) is 0 Å². The average Bonchev–Trinajstić information content (AvgIpc) is 2.01. The summed E-state index contributed by atoms with van der Waals surface area (Å²) >= 11 is 1.31. The third kappa shape index (κ3) is 2.92. The smallest absolute Gasteiger partial charge is 0.151 e. The Bertz CT molecular complexity index is 285. The topological polar surface area (TPSA) is 62.8 Å². The lowest BCUT2D eigenvalue weighted by atomic mass is 10.2. The fraction of sp³-hybridized carbons (Fsp3) is 0.250. The van der Waals surface area contributed by atoms with Gasteiger partial charge in [-0.1, -0.05) is 17.8 Å². The van der Waals surface area contributed by atoms with Crippen molar-refractivity contribution in [1.82, 2.24) is 4.98 Å². The van der Waals surface area contributed by atoms with Crippen molar-refractivity contribution in [3.8, 4) is 0 Å². The maximum absolute atomic E-state index is 7.02. The minimum atomic E-state index is 0.150. The second kappa shape index (κ2) is 4.11. The van der Waals surface area contributed by atoms with Gasteiger partial charge in [0.25, 0.3) is 0 Å². The fourth-order valence-electron chi connectivity index (χ4n) is 0.858. The van der Waals surface area contributed by atoms with E-state index >= 15 is 0 Å². The highest BCUT2D eigenvalue weighted by Crippen LogP contribution is 2.10. The van der Waals surface area contributed by atoms with Crippen molar-refractivity contribution in [1.29, 1.82) is 5.41 Å². The zero-order valence-electron chi connectivity index (χ0n) is 6.87. The number of nitrogens with zero attached hydrogens (tertiary/aromatic N) is 1. The minimum absolute atomic E-state index is 0.150. The first-order valence-corrected chi connectivity index (χ1v) is 4.54. The molecule has 0 bridgehead atoms. The first-order valence-electron chi connectivity index (χ1n) is 3.56. The van der Waals surface area contributed by atoms with E-state index in [1.807, 2.05) is 19.2 Å². The van der Waals surface area contributed by atoms with E-state index in [0.717, 1.165) is 16.9 Å². The quantitative estimate of drug-likeness (QED) is 0.537. The van der Waals surface area contributed by atoms with E-state index in [2.05, 4.69) is 4.98 Å². The predicted molar refractivity (Wildman–Crippen MR) is 52.2 cm³/mol. The van der Waals surface area contributed by atoms with Crippen molar-refractivity contribution in [3.05, 3.63) is 29.6 Å². The van der Waals surface area contributed by atoms with Gasteiger partial charge in [-0.05, 0) is 18.1 Å². The number of rotatable bonds is 2. The molecule has 1 heterocycles. The molecule has 1 rings (SSSR count). The number of thioether (sulfide) groups is 1. The summed E-state index contributed by atoms with van der Waals surface area (Å²) in [5.74, 6) is 0.726. The minimum Gasteiger partial charge on any atom is -0.379 e. The van der Waals surface area contributed by atoms with E-state index < -0.39 is 0 Å². The molecule has 4 heteroatoms. The van der Waals surface area contributed by atoms with Gasteiger partial charge in [-0.2, -0.15) is 0 Å². The van der Waals surface area contributed by atoms with Gasteiger partial charge in [0.05, 0.1) is 0 Å². The van der Waals surface area contributed by atoms with Crippen molar-refractivity contribution in [2.45, 2.75) is 12.7 Å². The monoisotopic (exact) mass is 181 g/mol. The molecule has 0 aliphatic rings. The van der Waals surface area contributed by atoms with Crippen molar-refractivity contribution in [2.24, 2.45) is 5.73 Å². The van der Waals surface area contributed by atoms with E-state index in [4.69, 9.17) is 11.1 Å². The summed E-state index contributed by atoms with van der Waals surface area (Å²) < 4.78 is 0. The number of aromatic nitrogens is 1. The Labute approximate surface area is 75.9 Å². The lowest BCUT2D eigenvalue weighted by molar-refractivity contribution is 1.21. The van der Waals surface area contributed by atoms with Crippen LogP contribution in [-0.4, -0.2) is 10.2 Å². The Balaban J connectivity index is 2.57. The lowest BCUT2D eigenvalue weighted by Crippen LogP contribution is -2.03. The zero-order valence-corrected chi connectivity index (χ0v) is 7.69. The summed E-state index contributed by atoms with van der Waals surface area (Å²) in [4.78, 5) is 4.04. The van der Waals surface area contributed by atoms with Crippen LogP contribution in [0, 0.1) is 12.3 Å². The van der Waals surface area contributed by atoms with Gasteiger partial charge in [0.1, 0.15) is 0 Å². The molecule has 0 aromatic carbocycles. The van der Waals surface area contributed by atoms with Crippen molar-refractivity contribution >= 4 is 16.9 Å². The molecule has 0 radical (unpaired) electrons. The van der Waals surface area contributed by atoms with Gasteiger partial charge in [-0.3, -0.25) is 10.4 Å². The van der Waals surface area contributed by atoms with Crippen LogP contribution in [0.15, 0.2) is 18.5 Å². The van der Waals surface area contributed by atoms with Gasteiger partial charge in [-0.15, -0.1) is 0 Å². The van der Waals surface area contributed by atoms with Crippen LogP contribution in [0.2, 0.25) is 0 Å². The average molecular weight is 181 g/mol. The number of nitrogens with one attached hydrogen (secondary N) is 1. The Morgan fingerprint density at radius 3 is 3.00 bits per heavy atom. The summed E-state index contributed by atoms with van der Waals surface area (Å²) in [6.45, 7) is 1.99. The number of hydrogen-bond donors (Lipinski definition) is 2. The van der Waals surface area contributed by atoms with Crippen LogP contribution >= 0.6 is 11.8 Å². The number of amidine groups is 1. The first-order chi connectivity index (χ1) is 5.68. The molecule has 0 unspecified atom stereocenters. The molecule has 1 aromatic rings. The van der Waals surface area contributed by atoms with E-state index in [1.165, 1.54) is 11.8 Å². The van der Waals surface area contributed by atoms with E-state index in [1.54, 1.807) is 6.20 Å². The summed E-state index contributed by atoms with van der Waals surface area (Å²) in [5.41, 5.74) is 7.45. The maximum Gasteiger partial charge on any atom is 0.151 e. The number of pyridine rings is 1. The molecule has 0 aliphatic carbocycles. The van der Waals surface area contributed by atoms with Gasteiger partial charge in [0.2, 0.25) is 0 Å².